The molecule has 1 aromatic rings. The second-order valence-electron chi connectivity index (χ2n) is 5.32. The van der Waals surface area contributed by atoms with Crippen LogP contribution in [0, 0.1) is 5.92 Å². The third-order valence-corrected chi connectivity index (χ3v) is 3.98. The van der Waals surface area contributed by atoms with Crippen molar-refractivity contribution in [2.75, 3.05) is 6.79 Å². The first kappa shape index (κ1) is 12.3. The van der Waals surface area contributed by atoms with Gasteiger partial charge in [-0.15, -0.1) is 0 Å². The van der Waals surface area contributed by atoms with Crippen LogP contribution in [0.2, 0.25) is 0 Å². The lowest BCUT2D eigenvalue weighted by Crippen LogP contribution is -2.31. The van der Waals surface area contributed by atoms with Crippen molar-refractivity contribution in [1.29, 1.82) is 0 Å². The monoisotopic (exact) mass is 261 g/mol. The minimum Gasteiger partial charge on any atom is -0.454 e. The fraction of sp³-hybridized carbons (Fsp3) is 0.533. The van der Waals surface area contributed by atoms with E-state index in [0.29, 0.717) is 0 Å². The van der Waals surface area contributed by atoms with Crippen LogP contribution in [-0.4, -0.2) is 12.7 Å². The second-order valence-corrected chi connectivity index (χ2v) is 5.32. The van der Waals surface area contributed by atoms with Gasteiger partial charge in [-0.3, -0.25) is 4.79 Å². The maximum absolute atomic E-state index is 12.1. The van der Waals surface area contributed by atoms with E-state index in [0.717, 1.165) is 29.9 Å². The standard InChI is InChI=1S/C15H19NO3/c1-10(16-15(17)11-4-2-3-5-11)12-6-7-13-14(8-12)19-9-18-13/h6-8,10-11H,2-5,9H2,1H3,(H,16,17)/t10-/m0/s1. The molecule has 0 spiro atoms. The molecule has 4 heteroatoms. The lowest BCUT2D eigenvalue weighted by atomic mass is 10.0. The maximum Gasteiger partial charge on any atom is 0.231 e. The first-order valence-corrected chi connectivity index (χ1v) is 6.94. The summed E-state index contributed by atoms with van der Waals surface area (Å²) in [6, 6.07) is 5.83. The van der Waals surface area contributed by atoms with Gasteiger partial charge >= 0.3 is 0 Å². The molecule has 0 radical (unpaired) electrons. The third kappa shape index (κ3) is 2.53. The van der Waals surface area contributed by atoms with E-state index in [1.165, 1.54) is 12.8 Å². The van der Waals surface area contributed by atoms with E-state index >= 15 is 0 Å². The van der Waals surface area contributed by atoms with Crippen LogP contribution in [0.5, 0.6) is 11.5 Å². The summed E-state index contributed by atoms with van der Waals surface area (Å²) in [4.78, 5) is 12.1. The summed E-state index contributed by atoms with van der Waals surface area (Å²) in [5.74, 6) is 1.93. The Hall–Kier alpha value is -1.71. The number of hydrogen-bond acceptors (Lipinski definition) is 3. The van der Waals surface area contributed by atoms with Crippen molar-refractivity contribution in [1.82, 2.24) is 5.32 Å². The number of amides is 1. The van der Waals surface area contributed by atoms with E-state index in [1.807, 2.05) is 25.1 Å². The molecule has 0 unspecified atom stereocenters. The van der Waals surface area contributed by atoms with Gasteiger partial charge in [0.2, 0.25) is 12.7 Å². The molecule has 1 fully saturated rings. The second kappa shape index (κ2) is 5.11. The number of carbonyl (C=O) groups excluding carboxylic acids is 1. The topological polar surface area (TPSA) is 47.6 Å². The van der Waals surface area contributed by atoms with Crippen LogP contribution in [0.3, 0.4) is 0 Å². The summed E-state index contributed by atoms with van der Waals surface area (Å²) in [6.07, 6.45) is 4.41. The normalized spacial score (nSPS) is 19.4. The number of carbonyl (C=O) groups is 1. The average molecular weight is 261 g/mol. The van der Waals surface area contributed by atoms with Gasteiger partial charge in [-0.05, 0) is 37.5 Å². The van der Waals surface area contributed by atoms with Crippen LogP contribution in [0.1, 0.15) is 44.2 Å². The van der Waals surface area contributed by atoms with E-state index in [4.69, 9.17) is 9.47 Å². The molecule has 4 nitrogen and oxygen atoms in total. The Kier molecular flexibility index (Phi) is 3.32. The summed E-state index contributed by atoms with van der Waals surface area (Å²) in [7, 11) is 0. The third-order valence-electron chi connectivity index (χ3n) is 3.98. The molecule has 3 rings (SSSR count). The predicted molar refractivity (Wildman–Crippen MR) is 71.1 cm³/mol. The molecule has 19 heavy (non-hydrogen) atoms. The highest BCUT2D eigenvalue weighted by atomic mass is 16.7. The van der Waals surface area contributed by atoms with E-state index in [-0.39, 0.29) is 24.7 Å². The molecule has 1 aromatic carbocycles. The summed E-state index contributed by atoms with van der Waals surface area (Å²) in [6.45, 7) is 2.28. The maximum atomic E-state index is 12.1. The van der Waals surface area contributed by atoms with Gasteiger partial charge in [0, 0.05) is 5.92 Å². The van der Waals surface area contributed by atoms with Gasteiger partial charge in [-0.2, -0.15) is 0 Å². The van der Waals surface area contributed by atoms with Gasteiger partial charge in [0.1, 0.15) is 0 Å². The van der Waals surface area contributed by atoms with Gasteiger partial charge in [-0.25, -0.2) is 0 Å². The molecule has 1 saturated carbocycles. The van der Waals surface area contributed by atoms with Gasteiger partial charge in [0.15, 0.2) is 11.5 Å². The van der Waals surface area contributed by atoms with Gasteiger partial charge in [0.25, 0.3) is 0 Å². The van der Waals surface area contributed by atoms with E-state index in [2.05, 4.69) is 5.32 Å². The molecule has 102 valence electrons. The minimum atomic E-state index is 0.00241. The van der Waals surface area contributed by atoms with Crippen molar-refractivity contribution in [3.8, 4) is 11.5 Å². The molecule has 1 atom stereocenters. The Balaban J connectivity index is 1.66. The minimum absolute atomic E-state index is 0.00241. The largest absolute Gasteiger partial charge is 0.454 e. The van der Waals surface area contributed by atoms with Crippen molar-refractivity contribution in [2.45, 2.75) is 38.6 Å². The van der Waals surface area contributed by atoms with Crippen LogP contribution in [0.25, 0.3) is 0 Å². The predicted octanol–water partition coefficient (Wildman–Crippen LogP) is 2.78. The Morgan fingerprint density at radius 3 is 2.79 bits per heavy atom. The zero-order valence-corrected chi connectivity index (χ0v) is 11.1. The molecule has 2 aliphatic rings. The summed E-state index contributed by atoms with van der Waals surface area (Å²) in [5.41, 5.74) is 1.05. The Morgan fingerprint density at radius 2 is 2.00 bits per heavy atom. The quantitative estimate of drug-likeness (QED) is 0.910. The number of fused-ring (bicyclic) bond motifs is 1. The van der Waals surface area contributed by atoms with E-state index < -0.39 is 0 Å². The first-order valence-electron chi connectivity index (χ1n) is 6.94. The fourth-order valence-corrected chi connectivity index (χ4v) is 2.79. The Morgan fingerprint density at radius 1 is 1.26 bits per heavy atom. The van der Waals surface area contributed by atoms with Crippen LogP contribution in [0.4, 0.5) is 0 Å². The average Bonchev–Trinajstić information content (AvgIpc) is 3.09. The molecule has 1 aliphatic heterocycles. The molecule has 0 aromatic heterocycles. The number of rotatable bonds is 3. The van der Waals surface area contributed by atoms with Crippen LogP contribution in [-0.2, 0) is 4.79 Å². The molecule has 1 amide bonds. The van der Waals surface area contributed by atoms with Crippen molar-refractivity contribution < 1.29 is 14.3 Å². The SMILES string of the molecule is C[C@H](NC(=O)C1CCCC1)c1ccc2c(c1)OCO2. The van der Waals surface area contributed by atoms with Crippen LogP contribution in [0.15, 0.2) is 18.2 Å². The molecular formula is C15H19NO3. The first-order chi connectivity index (χ1) is 9.24. The van der Waals surface area contributed by atoms with E-state index in [9.17, 15) is 4.79 Å². The molecule has 0 bridgehead atoms. The molecule has 1 heterocycles. The highest BCUT2D eigenvalue weighted by Gasteiger charge is 2.24. The molecule has 1 N–H and O–H groups in total. The summed E-state index contributed by atoms with van der Waals surface area (Å²) < 4.78 is 10.6. The molecule has 1 aliphatic carbocycles. The van der Waals surface area contributed by atoms with Crippen molar-refractivity contribution in [3.05, 3.63) is 23.8 Å². The van der Waals surface area contributed by atoms with Crippen molar-refractivity contribution in [3.63, 3.8) is 0 Å². The Labute approximate surface area is 113 Å². The highest BCUT2D eigenvalue weighted by Crippen LogP contribution is 2.34. The van der Waals surface area contributed by atoms with Crippen molar-refractivity contribution >= 4 is 5.91 Å². The molecular weight excluding hydrogens is 242 g/mol. The number of hydrogen-bond donors (Lipinski definition) is 1. The van der Waals surface area contributed by atoms with Crippen molar-refractivity contribution in [2.24, 2.45) is 5.92 Å². The number of benzene rings is 1. The van der Waals surface area contributed by atoms with Gasteiger partial charge in [-0.1, -0.05) is 18.9 Å². The zero-order valence-electron chi connectivity index (χ0n) is 11.1. The number of nitrogens with one attached hydrogen (secondary N) is 1. The fourth-order valence-electron chi connectivity index (χ4n) is 2.79. The lowest BCUT2D eigenvalue weighted by Gasteiger charge is -2.17. The molecule has 0 saturated heterocycles. The highest BCUT2D eigenvalue weighted by molar-refractivity contribution is 5.79. The zero-order chi connectivity index (χ0) is 13.2. The lowest BCUT2D eigenvalue weighted by molar-refractivity contribution is -0.125. The van der Waals surface area contributed by atoms with Gasteiger partial charge in [0.05, 0.1) is 6.04 Å². The van der Waals surface area contributed by atoms with Gasteiger partial charge < -0.3 is 14.8 Å². The smallest absolute Gasteiger partial charge is 0.231 e. The number of ether oxygens (including phenoxy) is 2. The van der Waals surface area contributed by atoms with Crippen LogP contribution >= 0.6 is 0 Å². The summed E-state index contributed by atoms with van der Waals surface area (Å²) in [5, 5.41) is 3.09. The van der Waals surface area contributed by atoms with E-state index in [1.54, 1.807) is 0 Å². The Bertz CT molecular complexity index is 480. The summed E-state index contributed by atoms with van der Waals surface area (Å²) >= 11 is 0. The van der Waals surface area contributed by atoms with Crippen LogP contribution < -0.4 is 14.8 Å².